The van der Waals surface area contributed by atoms with Gasteiger partial charge in [0.25, 0.3) is 0 Å². The summed E-state index contributed by atoms with van der Waals surface area (Å²) in [7, 11) is 0. The summed E-state index contributed by atoms with van der Waals surface area (Å²) >= 11 is 0. The zero-order chi connectivity index (χ0) is 13.4. The second-order valence-electron chi connectivity index (χ2n) is 6.73. The van der Waals surface area contributed by atoms with Crippen LogP contribution in [0.1, 0.15) is 65.7 Å². The van der Waals surface area contributed by atoms with Crippen LogP contribution in [0, 0.1) is 5.41 Å². The van der Waals surface area contributed by atoms with Gasteiger partial charge in [-0.1, -0.05) is 46.5 Å². The topological polar surface area (TPSA) is 41.1 Å². The molecule has 1 saturated carbocycles. The number of carbonyl (C=O) groups excluding carboxylic acids is 1. The smallest absolute Gasteiger partial charge is 0.220 e. The molecule has 1 aliphatic carbocycles. The molecule has 2 N–H and O–H groups in total. The second-order valence-corrected chi connectivity index (χ2v) is 6.73. The van der Waals surface area contributed by atoms with Crippen LogP contribution >= 0.6 is 12.4 Å². The fraction of sp³-hybridized carbons (Fsp3) is 0.933. The number of hydrogen-bond acceptors (Lipinski definition) is 2. The first-order valence-electron chi connectivity index (χ1n) is 7.47. The predicted octanol–water partition coefficient (Wildman–Crippen LogP) is 3.27. The van der Waals surface area contributed by atoms with Crippen molar-refractivity contribution in [2.45, 2.75) is 71.8 Å². The quantitative estimate of drug-likeness (QED) is 0.603. The minimum absolute atomic E-state index is 0. The van der Waals surface area contributed by atoms with Gasteiger partial charge in [-0.25, -0.2) is 0 Å². The Morgan fingerprint density at radius 2 is 1.63 bits per heavy atom. The summed E-state index contributed by atoms with van der Waals surface area (Å²) in [4.78, 5) is 11.6. The molecule has 0 saturated heterocycles. The zero-order valence-corrected chi connectivity index (χ0v) is 13.6. The van der Waals surface area contributed by atoms with Crippen LogP contribution in [-0.2, 0) is 4.79 Å². The Balaban J connectivity index is 0.00000324. The van der Waals surface area contributed by atoms with Crippen LogP contribution in [0.15, 0.2) is 0 Å². The van der Waals surface area contributed by atoms with Crippen molar-refractivity contribution >= 4 is 18.3 Å². The molecule has 0 bridgehead atoms. The molecule has 0 aromatic carbocycles. The molecular weight excluding hydrogens is 260 g/mol. The molecule has 1 rings (SSSR count). The predicted molar refractivity (Wildman–Crippen MR) is 83.8 cm³/mol. The molecule has 3 nitrogen and oxygen atoms in total. The van der Waals surface area contributed by atoms with Crippen LogP contribution in [-0.4, -0.2) is 25.0 Å². The van der Waals surface area contributed by atoms with Gasteiger partial charge in [0, 0.05) is 25.6 Å². The second kappa shape index (κ2) is 9.60. The molecule has 1 fully saturated rings. The van der Waals surface area contributed by atoms with Gasteiger partial charge in [-0.05, 0) is 18.3 Å². The first-order chi connectivity index (χ1) is 8.47. The van der Waals surface area contributed by atoms with E-state index < -0.39 is 0 Å². The molecule has 0 unspecified atom stereocenters. The highest BCUT2D eigenvalue weighted by molar-refractivity contribution is 5.85. The maximum Gasteiger partial charge on any atom is 0.220 e. The fourth-order valence-electron chi connectivity index (χ4n) is 2.51. The normalized spacial score (nSPS) is 17.4. The summed E-state index contributed by atoms with van der Waals surface area (Å²) in [5.41, 5.74) is 0.0821. The maximum absolute atomic E-state index is 11.6. The summed E-state index contributed by atoms with van der Waals surface area (Å²) in [6.45, 7) is 7.94. The van der Waals surface area contributed by atoms with Gasteiger partial charge in [0.15, 0.2) is 0 Å². The first-order valence-corrected chi connectivity index (χ1v) is 7.47. The van der Waals surface area contributed by atoms with E-state index in [2.05, 4.69) is 31.4 Å². The number of rotatable bonds is 5. The Morgan fingerprint density at radius 3 is 2.16 bits per heavy atom. The Labute approximate surface area is 124 Å². The number of nitrogens with one attached hydrogen (secondary N) is 2. The van der Waals surface area contributed by atoms with Crippen LogP contribution < -0.4 is 10.6 Å². The van der Waals surface area contributed by atoms with Crippen molar-refractivity contribution < 1.29 is 4.79 Å². The lowest BCUT2D eigenvalue weighted by Crippen LogP contribution is -2.37. The summed E-state index contributed by atoms with van der Waals surface area (Å²) < 4.78 is 0. The first kappa shape index (κ1) is 18.7. The monoisotopic (exact) mass is 290 g/mol. The lowest BCUT2D eigenvalue weighted by Gasteiger charge is -2.19. The lowest BCUT2D eigenvalue weighted by molar-refractivity contribution is -0.122. The zero-order valence-electron chi connectivity index (χ0n) is 12.8. The van der Waals surface area contributed by atoms with E-state index in [-0.39, 0.29) is 23.7 Å². The molecule has 0 aliphatic heterocycles. The van der Waals surface area contributed by atoms with Crippen LogP contribution in [0.3, 0.4) is 0 Å². The molecule has 0 aromatic heterocycles. The molecule has 114 valence electrons. The fourth-order valence-corrected chi connectivity index (χ4v) is 2.51. The van der Waals surface area contributed by atoms with E-state index in [1.165, 1.54) is 38.5 Å². The van der Waals surface area contributed by atoms with E-state index in [1.807, 2.05) is 0 Å². The lowest BCUT2D eigenvalue weighted by atomic mass is 9.92. The van der Waals surface area contributed by atoms with E-state index in [1.54, 1.807) is 0 Å². The number of carbonyl (C=O) groups is 1. The molecule has 19 heavy (non-hydrogen) atoms. The van der Waals surface area contributed by atoms with Crippen LogP contribution in [0.4, 0.5) is 0 Å². The average Bonchev–Trinajstić information content (AvgIpc) is 2.50. The van der Waals surface area contributed by atoms with Crippen molar-refractivity contribution in [1.82, 2.24) is 10.6 Å². The Hall–Kier alpha value is -0.280. The standard InChI is InChI=1S/C15H30N2O.ClH/c1-15(2,3)12-14(18)17-11-10-16-13-8-6-4-5-7-9-13;/h13,16H,4-12H2,1-3H3,(H,17,18);1H. The highest BCUT2D eigenvalue weighted by Crippen LogP contribution is 2.18. The van der Waals surface area contributed by atoms with Crippen molar-refractivity contribution in [3.8, 4) is 0 Å². The third kappa shape index (κ3) is 10.2. The van der Waals surface area contributed by atoms with Crippen molar-refractivity contribution in [1.29, 1.82) is 0 Å². The van der Waals surface area contributed by atoms with Gasteiger partial charge in [0.1, 0.15) is 0 Å². The SMILES string of the molecule is CC(C)(C)CC(=O)NCCNC1CCCCCC1.Cl. The van der Waals surface area contributed by atoms with E-state index in [9.17, 15) is 4.79 Å². The maximum atomic E-state index is 11.6. The Morgan fingerprint density at radius 1 is 1.05 bits per heavy atom. The van der Waals surface area contributed by atoms with Gasteiger partial charge in [-0.2, -0.15) is 0 Å². The van der Waals surface area contributed by atoms with Crippen molar-refractivity contribution in [3.05, 3.63) is 0 Å². The number of hydrogen-bond donors (Lipinski definition) is 2. The Kier molecular flexibility index (Phi) is 9.46. The third-order valence-electron chi connectivity index (χ3n) is 3.43. The average molecular weight is 291 g/mol. The van der Waals surface area contributed by atoms with Gasteiger partial charge < -0.3 is 10.6 Å². The molecule has 0 spiro atoms. The summed E-state index contributed by atoms with van der Waals surface area (Å²) in [6, 6.07) is 0.673. The number of amides is 1. The minimum atomic E-state index is 0. The van der Waals surface area contributed by atoms with Crippen molar-refractivity contribution in [2.24, 2.45) is 5.41 Å². The highest BCUT2D eigenvalue weighted by Gasteiger charge is 2.15. The highest BCUT2D eigenvalue weighted by atomic mass is 35.5. The Bertz CT molecular complexity index is 243. The van der Waals surface area contributed by atoms with Gasteiger partial charge >= 0.3 is 0 Å². The van der Waals surface area contributed by atoms with E-state index in [0.717, 1.165) is 13.1 Å². The minimum Gasteiger partial charge on any atom is -0.355 e. The van der Waals surface area contributed by atoms with Crippen LogP contribution in [0.2, 0.25) is 0 Å². The van der Waals surface area contributed by atoms with Crippen molar-refractivity contribution in [3.63, 3.8) is 0 Å². The van der Waals surface area contributed by atoms with Gasteiger partial charge in [-0.3, -0.25) is 4.79 Å². The molecule has 4 heteroatoms. The van der Waals surface area contributed by atoms with E-state index in [4.69, 9.17) is 0 Å². The number of halogens is 1. The molecule has 0 radical (unpaired) electrons. The van der Waals surface area contributed by atoms with Gasteiger partial charge in [-0.15, -0.1) is 12.4 Å². The van der Waals surface area contributed by atoms with Gasteiger partial charge in [0.2, 0.25) is 5.91 Å². The molecule has 1 amide bonds. The molecular formula is C15H31ClN2O. The summed E-state index contributed by atoms with van der Waals surface area (Å²) in [5.74, 6) is 0.171. The van der Waals surface area contributed by atoms with Gasteiger partial charge in [0.05, 0.1) is 0 Å². The molecule has 0 heterocycles. The van der Waals surface area contributed by atoms with Crippen LogP contribution in [0.5, 0.6) is 0 Å². The molecule has 1 aliphatic rings. The summed E-state index contributed by atoms with van der Waals surface area (Å²) in [6.07, 6.45) is 8.70. The molecule has 0 aromatic rings. The van der Waals surface area contributed by atoms with E-state index >= 15 is 0 Å². The van der Waals surface area contributed by atoms with E-state index in [0.29, 0.717) is 12.5 Å². The van der Waals surface area contributed by atoms with Crippen LogP contribution in [0.25, 0.3) is 0 Å². The molecule has 0 atom stereocenters. The largest absolute Gasteiger partial charge is 0.355 e. The third-order valence-corrected chi connectivity index (χ3v) is 3.43. The summed E-state index contributed by atoms with van der Waals surface area (Å²) in [5, 5.41) is 6.56. The van der Waals surface area contributed by atoms with Crippen molar-refractivity contribution in [2.75, 3.05) is 13.1 Å².